The Labute approximate surface area is 142 Å². The lowest BCUT2D eigenvalue weighted by molar-refractivity contribution is 0.0673. The van der Waals surface area contributed by atoms with Crippen LogP contribution in [0.25, 0.3) is 11.5 Å². The first-order chi connectivity index (χ1) is 12.3. The number of carbonyl (C=O) groups is 1. The highest BCUT2D eigenvalue weighted by Crippen LogP contribution is 2.34. The van der Waals surface area contributed by atoms with Gasteiger partial charge in [-0.15, -0.1) is 15.3 Å². The van der Waals surface area contributed by atoms with E-state index in [-0.39, 0.29) is 17.7 Å². The number of hydrogen-bond acceptors (Lipinski definition) is 8. The molecule has 3 heterocycles. The number of carbonyl (C=O) groups excluding carboxylic acids is 1. The third-order valence-electron chi connectivity index (χ3n) is 4.13. The molecule has 1 aliphatic heterocycles. The highest BCUT2D eigenvalue weighted by molar-refractivity contribution is 5.91. The van der Waals surface area contributed by atoms with Gasteiger partial charge in [0.25, 0.3) is 5.91 Å². The Hall–Kier alpha value is -3.23. The zero-order chi connectivity index (χ0) is 17.2. The standard InChI is InChI=1S/C16H15N5O4/c1-23-11-5-2-4-10(8-11)14-18-19-15(24-14)12-6-3-7-21(12)16(22)13-9-17-20-25-13/h2,4-5,8-9,12H,3,6-7H2,1H3. The first-order valence-corrected chi connectivity index (χ1v) is 7.82. The van der Waals surface area contributed by atoms with Gasteiger partial charge in [-0.25, -0.2) is 0 Å². The van der Waals surface area contributed by atoms with Crippen molar-refractivity contribution < 1.29 is 18.5 Å². The number of aromatic nitrogens is 4. The number of nitrogens with zero attached hydrogens (tertiary/aromatic N) is 5. The number of amides is 1. The van der Waals surface area contributed by atoms with Gasteiger partial charge in [-0.05, 0) is 31.0 Å². The average molecular weight is 341 g/mol. The molecule has 1 amide bonds. The minimum absolute atomic E-state index is 0.0967. The van der Waals surface area contributed by atoms with E-state index in [0.717, 1.165) is 18.4 Å². The van der Waals surface area contributed by atoms with Crippen LogP contribution in [0.3, 0.4) is 0 Å². The molecule has 0 aliphatic carbocycles. The van der Waals surface area contributed by atoms with Crippen molar-refractivity contribution in [2.75, 3.05) is 13.7 Å². The second-order valence-electron chi connectivity index (χ2n) is 5.62. The first-order valence-electron chi connectivity index (χ1n) is 7.82. The Kier molecular flexibility index (Phi) is 3.88. The maximum absolute atomic E-state index is 12.5. The summed E-state index contributed by atoms with van der Waals surface area (Å²) in [7, 11) is 1.60. The number of hydrogen-bond donors (Lipinski definition) is 0. The van der Waals surface area contributed by atoms with Crippen LogP contribution >= 0.6 is 0 Å². The average Bonchev–Trinajstić information content (AvgIpc) is 3.41. The molecule has 1 saturated heterocycles. The summed E-state index contributed by atoms with van der Waals surface area (Å²) in [6.45, 7) is 0.584. The van der Waals surface area contributed by atoms with Crippen LogP contribution in [0.15, 0.2) is 39.4 Å². The van der Waals surface area contributed by atoms with Gasteiger partial charge in [0.2, 0.25) is 17.5 Å². The van der Waals surface area contributed by atoms with Crippen LogP contribution in [-0.4, -0.2) is 45.0 Å². The molecule has 0 spiro atoms. The van der Waals surface area contributed by atoms with Gasteiger partial charge >= 0.3 is 0 Å². The predicted octanol–water partition coefficient (Wildman–Crippen LogP) is 2.11. The highest BCUT2D eigenvalue weighted by Gasteiger charge is 2.36. The van der Waals surface area contributed by atoms with Gasteiger partial charge in [-0.3, -0.25) is 4.79 Å². The predicted molar refractivity (Wildman–Crippen MR) is 83.6 cm³/mol. The van der Waals surface area contributed by atoms with Crippen molar-refractivity contribution in [3.63, 3.8) is 0 Å². The lowest BCUT2D eigenvalue weighted by Crippen LogP contribution is -2.30. The molecule has 1 unspecified atom stereocenters. The fourth-order valence-corrected chi connectivity index (χ4v) is 2.91. The Morgan fingerprint density at radius 1 is 1.36 bits per heavy atom. The molecule has 9 nitrogen and oxygen atoms in total. The Balaban J connectivity index is 1.59. The van der Waals surface area contributed by atoms with Crippen molar-refractivity contribution in [1.29, 1.82) is 0 Å². The zero-order valence-electron chi connectivity index (χ0n) is 13.5. The lowest BCUT2D eigenvalue weighted by atomic mass is 10.2. The molecule has 9 heteroatoms. The molecular weight excluding hydrogens is 326 g/mol. The number of ether oxygens (including phenoxy) is 1. The van der Waals surface area contributed by atoms with Crippen LogP contribution in [0.2, 0.25) is 0 Å². The van der Waals surface area contributed by atoms with E-state index in [0.29, 0.717) is 24.1 Å². The second kappa shape index (κ2) is 6.34. The number of likely N-dealkylation sites (tertiary alicyclic amines) is 1. The molecule has 0 N–H and O–H groups in total. The highest BCUT2D eigenvalue weighted by atomic mass is 16.5. The third kappa shape index (κ3) is 2.84. The first kappa shape index (κ1) is 15.3. The quantitative estimate of drug-likeness (QED) is 0.710. The summed E-state index contributed by atoms with van der Waals surface area (Å²) >= 11 is 0. The van der Waals surface area contributed by atoms with Gasteiger partial charge in [0.15, 0.2) is 0 Å². The molecular formula is C16H15N5O4. The van der Waals surface area contributed by atoms with Gasteiger partial charge in [0, 0.05) is 17.4 Å². The molecule has 1 aliphatic rings. The van der Waals surface area contributed by atoms with Crippen LogP contribution < -0.4 is 4.74 Å². The van der Waals surface area contributed by atoms with Crippen LogP contribution in [-0.2, 0) is 0 Å². The maximum atomic E-state index is 12.5. The minimum atomic E-state index is -0.288. The lowest BCUT2D eigenvalue weighted by Gasteiger charge is -2.20. The molecule has 25 heavy (non-hydrogen) atoms. The van der Waals surface area contributed by atoms with Crippen molar-refractivity contribution in [2.45, 2.75) is 18.9 Å². The van der Waals surface area contributed by atoms with Gasteiger partial charge in [0.05, 0.1) is 7.11 Å². The fraction of sp³-hybridized carbons (Fsp3) is 0.312. The molecule has 1 aromatic carbocycles. The van der Waals surface area contributed by atoms with Gasteiger partial charge in [-0.2, -0.15) is 0 Å². The molecule has 4 rings (SSSR count). The Bertz CT molecular complexity index is 876. The van der Waals surface area contributed by atoms with Gasteiger partial charge in [0.1, 0.15) is 18.0 Å². The SMILES string of the molecule is COc1cccc(-c2nnc(C3CCCN3C(=O)c3cnno3)o2)c1. The van der Waals surface area contributed by atoms with Crippen molar-refractivity contribution in [3.8, 4) is 17.2 Å². The Morgan fingerprint density at radius 3 is 3.08 bits per heavy atom. The summed E-state index contributed by atoms with van der Waals surface area (Å²) in [5.41, 5.74) is 0.758. The Morgan fingerprint density at radius 2 is 2.28 bits per heavy atom. The van der Waals surface area contributed by atoms with E-state index < -0.39 is 0 Å². The summed E-state index contributed by atoms with van der Waals surface area (Å²) < 4.78 is 15.9. The van der Waals surface area contributed by atoms with Crippen LogP contribution in [0, 0.1) is 0 Å². The van der Waals surface area contributed by atoms with Gasteiger partial charge in [-0.1, -0.05) is 6.07 Å². The fourth-order valence-electron chi connectivity index (χ4n) is 2.91. The smallest absolute Gasteiger partial charge is 0.294 e. The summed E-state index contributed by atoms with van der Waals surface area (Å²) in [5.74, 6) is 1.30. The second-order valence-corrected chi connectivity index (χ2v) is 5.62. The van der Waals surface area contributed by atoms with Crippen LogP contribution in [0.1, 0.15) is 35.3 Å². The van der Waals surface area contributed by atoms with Crippen molar-refractivity contribution in [2.24, 2.45) is 0 Å². The molecule has 0 bridgehead atoms. The van der Waals surface area contributed by atoms with E-state index in [4.69, 9.17) is 13.7 Å². The number of benzene rings is 1. The minimum Gasteiger partial charge on any atom is -0.497 e. The number of methoxy groups -OCH3 is 1. The molecule has 0 radical (unpaired) electrons. The topological polar surface area (TPSA) is 107 Å². The van der Waals surface area contributed by atoms with E-state index >= 15 is 0 Å². The van der Waals surface area contributed by atoms with Gasteiger partial charge < -0.3 is 18.6 Å². The molecule has 128 valence electrons. The zero-order valence-corrected chi connectivity index (χ0v) is 13.5. The maximum Gasteiger partial charge on any atom is 0.294 e. The van der Waals surface area contributed by atoms with Crippen molar-refractivity contribution in [3.05, 3.63) is 42.1 Å². The van der Waals surface area contributed by atoms with Crippen molar-refractivity contribution >= 4 is 5.91 Å². The largest absolute Gasteiger partial charge is 0.497 e. The normalized spacial score (nSPS) is 17.0. The van der Waals surface area contributed by atoms with E-state index in [1.54, 1.807) is 12.0 Å². The number of rotatable bonds is 4. The summed E-state index contributed by atoms with van der Waals surface area (Å²) in [4.78, 5) is 14.1. The summed E-state index contributed by atoms with van der Waals surface area (Å²) in [6.07, 6.45) is 2.88. The van der Waals surface area contributed by atoms with E-state index in [9.17, 15) is 4.79 Å². The third-order valence-corrected chi connectivity index (χ3v) is 4.13. The summed E-state index contributed by atoms with van der Waals surface area (Å²) in [5, 5.41) is 15.1. The van der Waals surface area contributed by atoms with E-state index in [2.05, 4.69) is 20.6 Å². The van der Waals surface area contributed by atoms with E-state index in [1.807, 2.05) is 24.3 Å². The van der Waals surface area contributed by atoms with Crippen LogP contribution in [0.4, 0.5) is 0 Å². The molecule has 1 fully saturated rings. The molecule has 3 aromatic rings. The molecule has 2 aromatic heterocycles. The molecule has 0 saturated carbocycles. The van der Waals surface area contributed by atoms with Crippen LogP contribution in [0.5, 0.6) is 5.75 Å². The monoisotopic (exact) mass is 341 g/mol. The van der Waals surface area contributed by atoms with Crippen molar-refractivity contribution in [1.82, 2.24) is 25.5 Å². The molecule has 1 atom stereocenters. The summed E-state index contributed by atoms with van der Waals surface area (Å²) in [6, 6.07) is 7.07. The van der Waals surface area contributed by atoms with E-state index in [1.165, 1.54) is 6.20 Å².